The minimum absolute atomic E-state index is 0.155. The van der Waals surface area contributed by atoms with Crippen molar-refractivity contribution in [3.63, 3.8) is 0 Å². The zero-order chi connectivity index (χ0) is 19.3. The van der Waals surface area contributed by atoms with Crippen molar-refractivity contribution in [2.75, 3.05) is 5.32 Å². The Balaban J connectivity index is 1.44. The Bertz CT molecular complexity index is 1090. The third-order valence-electron chi connectivity index (χ3n) is 4.14. The van der Waals surface area contributed by atoms with Gasteiger partial charge in [-0.3, -0.25) is 4.79 Å². The number of tetrazole rings is 1. The smallest absolute Gasteiger partial charge is 0.255 e. The highest BCUT2D eigenvalue weighted by Crippen LogP contribution is 2.23. The quantitative estimate of drug-likeness (QED) is 0.552. The standard InChI is InChI=1S/C21H16ClN5O/c22-19-9-5-4-8-18(19)20-24-26-27(25-20)14-15-10-12-16(13-11-15)21(28)23-17-6-2-1-3-7-17/h1-13H,14H2,(H,23,28). The predicted molar refractivity (Wildman–Crippen MR) is 108 cm³/mol. The molecule has 0 bridgehead atoms. The first kappa shape index (κ1) is 17.9. The van der Waals surface area contributed by atoms with E-state index >= 15 is 0 Å². The van der Waals surface area contributed by atoms with Gasteiger partial charge >= 0.3 is 0 Å². The van der Waals surface area contributed by atoms with Gasteiger partial charge in [-0.2, -0.15) is 4.80 Å². The first-order valence-corrected chi connectivity index (χ1v) is 9.05. The van der Waals surface area contributed by atoms with E-state index in [1.165, 1.54) is 4.80 Å². The summed E-state index contributed by atoms with van der Waals surface area (Å²) in [5.41, 5.74) is 3.04. The number of hydrogen-bond acceptors (Lipinski definition) is 4. The van der Waals surface area contributed by atoms with Crippen LogP contribution in [0, 0.1) is 0 Å². The highest BCUT2D eigenvalue weighted by atomic mass is 35.5. The fourth-order valence-corrected chi connectivity index (χ4v) is 2.93. The highest BCUT2D eigenvalue weighted by molar-refractivity contribution is 6.33. The number of carbonyl (C=O) groups excluding carboxylic acids is 1. The van der Waals surface area contributed by atoms with E-state index in [4.69, 9.17) is 11.6 Å². The van der Waals surface area contributed by atoms with Crippen LogP contribution in [0.4, 0.5) is 5.69 Å². The van der Waals surface area contributed by atoms with Crippen LogP contribution in [0.15, 0.2) is 78.9 Å². The Kier molecular flexibility index (Phi) is 5.12. The molecule has 0 radical (unpaired) electrons. The van der Waals surface area contributed by atoms with E-state index in [1.807, 2.05) is 60.7 Å². The molecule has 1 amide bonds. The number of carbonyl (C=O) groups is 1. The van der Waals surface area contributed by atoms with Gasteiger partial charge in [0, 0.05) is 16.8 Å². The van der Waals surface area contributed by atoms with E-state index in [-0.39, 0.29) is 5.91 Å². The average Bonchev–Trinajstić information content (AvgIpc) is 3.18. The van der Waals surface area contributed by atoms with Gasteiger partial charge in [-0.25, -0.2) is 0 Å². The Morgan fingerprint density at radius 1 is 0.929 bits per heavy atom. The molecule has 0 aliphatic carbocycles. The molecule has 7 heteroatoms. The number of nitrogens with one attached hydrogen (secondary N) is 1. The molecule has 28 heavy (non-hydrogen) atoms. The third kappa shape index (κ3) is 4.07. The van der Waals surface area contributed by atoms with Crippen LogP contribution >= 0.6 is 11.6 Å². The number of nitrogens with zero attached hydrogens (tertiary/aromatic N) is 4. The topological polar surface area (TPSA) is 72.7 Å². The van der Waals surface area contributed by atoms with E-state index in [0.717, 1.165) is 16.8 Å². The maximum absolute atomic E-state index is 12.3. The normalized spacial score (nSPS) is 10.6. The molecule has 1 N–H and O–H groups in total. The first-order valence-electron chi connectivity index (χ1n) is 8.67. The van der Waals surface area contributed by atoms with E-state index in [2.05, 4.69) is 20.7 Å². The second-order valence-corrected chi connectivity index (χ2v) is 6.55. The molecule has 0 spiro atoms. The molecule has 6 nitrogen and oxygen atoms in total. The molecule has 0 atom stereocenters. The number of hydrogen-bond donors (Lipinski definition) is 1. The summed E-state index contributed by atoms with van der Waals surface area (Å²) in [6, 6.07) is 24.0. The summed E-state index contributed by atoms with van der Waals surface area (Å²) in [4.78, 5) is 13.8. The van der Waals surface area contributed by atoms with Crippen molar-refractivity contribution in [1.82, 2.24) is 20.2 Å². The lowest BCUT2D eigenvalue weighted by Gasteiger charge is -2.06. The predicted octanol–water partition coefficient (Wildman–Crippen LogP) is 4.29. The van der Waals surface area contributed by atoms with Gasteiger partial charge in [0.15, 0.2) is 0 Å². The van der Waals surface area contributed by atoms with Crippen LogP contribution < -0.4 is 5.32 Å². The van der Waals surface area contributed by atoms with Gasteiger partial charge in [0.2, 0.25) is 5.82 Å². The minimum Gasteiger partial charge on any atom is -0.322 e. The molecule has 3 aromatic carbocycles. The lowest BCUT2D eigenvalue weighted by molar-refractivity contribution is 0.102. The van der Waals surface area contributed by atoms with Crippen molar-refractivity contribution >= 4 is 23.2 Å². The Hall–Kier alpha value is -3.51. The van der Waals surface area contributed by atoms with Gasteiger partial charge in [-0.05, 0) is 47.2 Å². The second-order valence-electron chi connectivity index (χ2n) is 6.14. The van der Waals surface area contributed by atoms with Gasteiger partial charge < -0.3 is 5.32 Å². The van der Waals surface area contributed by atoms with Crippen molar-refractivity contribution in [2.45, 2.75) is 6.54 Å². The van der Waals surface area contributed by atoms with Crippen LogP contribution in [0.5, 0.6) is 0 Å². The summed E-state index contributed by atoms with van der Waals surface area (Å²) >= 11 is 6.18. The van der Waals surface area contributed by atoms with E-state index in [1.54, 1.807) is 18.2 Å². The fourth-order valence-electron chi connectivity index (χ4n) is 2.71. The lowest BCUT2D eigenvalue weighted by Crippen LogP contribution is -2.12. The number of para-hydroxylation sites is 1. The summed E-state index contributed by atoms with van der Waals surface area (Å²) in [5.74, 6) is 0.321. The van der Waals surface area contributed by atoms with Crippen molar-refractivity contribution in [2.24, 2.45) is 0 Å². The van der Waals surface area contributed by atoms with Crippen molar-refractivity contribution < 1.29 is 4.79 Å². The molecule has 0 unspecified atom stereocenters. The Labute approximate surface area is 166 Å². The van der Waals surface area contributed by atoms with Gasteiger partial charge in [0.25, 0.3) is 5.91 Å². The number of benzene rings is 3. The lowest BCUT2D eigenvalue weighted by atomic mass is 10.1. The largest absolute Gasteiger partial charge is 0.322 e. The van der Waals surface area contributed by atoms with Gasteiger partial charge in [0.05, 0.1) is 11.6 Å². The summed E-state index contributed by atoms with van der Waals surface area (Å²) in [6.07, 6.45) is 0. The summed E-state index contributed by atoms with van der Waals surface area (Å²) in [5, 5.41) is 16.0. The molecular formula is C21H16ClN5O. The molecule has 138 valence electrons. The fraction of sp³-hybridized carbons (Fsp3) is 0.0476. The number of aromatic nitrogens is 4. The van der Waals surface area contributed by atoms with Crippen LogP contribution in [0.1, 0.15) is 15.9 Å². The number of halogens is 1. The molecule has 0 fully saturated rings. The Morgan fingerprint density at radius 2 is 1.64 bits per heavy atom. The van der Waals surface area contributed by atoms with Gasteiger partial charge in [-0.1, -0.05) is 54.1 Å². The molecule has 0 aliphatic rings. The van der Waals surface area contributed by atoms with Crippen LogP contribution in [0.25, 0.3) is 11.4 Å². The maximum atomic E-state index is 12.3. The maximum Gasteiger partial charge on any atom is 0.255 e. The third-order valence-corrected chi connectivity index (χ3v) is 4.47. The summed E-state index contributed by atoms with van der Waals surface area (Å²) in [7, 11) is 0. The molecule has 1 heterocycles. The van der Waals surface area contributed by atoms with Gasteiger partial charge in [-0.15, -0.1) is 10.2 Å². The van der Waals surface area contributed by atoms with E-state index in [9.17, 15) is 4.79 Å². The summed E-state index contributed by atoms with van der Waals surface area (Å²) in [6.45, 7) is 0.442. The van der Waals surface area contributed by atoms with Crippen LogP contribution in [0.2, 0.25) is 5.02 Å². The van der Waals surface area contributed by atoms with E-state index in [0.29, 0.717) is 23.0 Å². The molecule has 0 saturated carbocycles. The zero-order valence-corrected chi connectivity index (χ0v) is 15.5. The highest BCUT2D eigenvalue weighted by Gasteiger charge is 2.10. The molecule has 4 rings (SSSR count). The van der Waals surface area contributed by atoms with Crippen molar-refractivity contribution in [3.05, 3.63) is 95.0 Å². The number of amides is 1. The monoisotopic (exact) mass is 389 g/mol. The molecular weight excluding hydrogens is 374 g/mol. The molecule has 1 aromatic heterocycles. The SMILES string of the molecule is O=C(Nc1ccccc1)c1ccc(Cn2nnc(-c3ccccc3Cl)n2)cc1. The molecule has 4 aromatic rings. The van der Waals surface area contributed by atoms with Crippen LogP contribution in [-0.4, -0.2) is 26.1 Å². The minimum atomic E-state index is -0.155. The molecule has 0 aliphatic heterocycles. The number of rotatable bonds is 5. The first-order chi connectivity index (χ1) is 13.7. The summed E-state index contributed by atoms with van der Waals surface area (Å²) < 4.78 is 0. The van der Waals surface area contributed by atoms with Crippen LogP contribution in [-0.2, 0) is 6.54 Å². The van der Waals surface area contributed by atoms with Crippen molar-refractivity contribution in [3.8, 4) is 11.4 Å². The van der Waals surface area contributed by atoms with Gasteiger partial charge in [0.1, 0.15) is 0 Å². The Morgan fingerprint density at radius 3 is 2.39 bits per heavy atom. The van der Waals surface area contributed by atoms with E-state index < -0.39 is 0 Å². The zero-order valence-electron chi connectivity index (χ0n) is 14.8. The molecule has 0 saturated heterocycles. The average molecular weight is 390 g/mol. The second kappa shape index (κ2) is 8.02. The van der Waals surface area contributed by atoms with Crippen molar-refractivity contribution in [1.29, 1.82) is 0 Å². The van der Waals surface area contributed by atoms with Crippen LogP contribution in [0.3, 0.4) is 0 Å². The number of anilines is 1.